The van der Waals surface area contributed by atoms with Gasteiger partial charge in [-0.1, -0.05) is 13.8 Å². The molecular formula is C11H13OY+2. The Kier molecular flexibility index (Phi) is 6.45. The molecule has 0 saturated heterocycles. The van der Waals surface area contributed by atoms with Gasteiger partial charge in [-0.25, -0.2) is 0 Å². The van der Waals surface area contributed by atoms with Gasteiger partial charge in [-0.15, -0.1) is 0 Å². The Morgan fingerprint density at radius 1 is 1.31 bits per heavy atom. The third-order valence-electron chi connectivity index (χ3n) is 1.75. The van der Waals surface area contributed by atoms with Crippen LogP contribution in [-0.4, -0.2) is 6.29 Å². The molecule has 0 spiro atoms. The van der Waals surface area contributed by atoms with Crippen LogP contribution >= 0.6 is 0 Å². The summed E-state index contributed by atoms with van der Waals surface area (Å²) in [5, 5.41) is 0. The Hall–Kier alpha value is -0.00610. The molecule has 0 aliphatic rings. The molecule has 0 aromatic heterocycles. The first-order valence-electron chi connectivity index (χ1n) is 4.15. The van der Waals surface area contributed by atoms with Crippen LogP contribution in [0.25, 0.3) is 0 Å². The Morgan fingerprint density at radius 2 is 1.85 bits per heavy atom. The minimum Gasteiger partial charge on any atom is -0.303 e. The maximum atomic E-state index is 10.1. The summed E-state index contributed by atoms with van der Waals surface area (Å²) in [6, 6.07) is 7.36. The zero-order valence-electron chi connectivity index (χ0n) is 8.13. The monoisotopic (exact) mass is 250 g/mol. The van der Waals surface area contributed by atoms with E-state index in [0.29, 0.717) is 6.42 Å². The number of hydrogen-bond acceptors (Lipinski definition) is 1. The van der Waals surface area contributed by atoms with Crippen molar-refractivity contribution in [2.75, 3.05) is 0 Å². The minimum atomic E-state index is 0. The second-order valence-corrected chi connectivity index (χ2v) is 3.06. The van der Waals surface area contributed by atoms with Crippen LogP contribution < -0.4 is 0 Å². The van der Waals surface area contributed by atoms with Gasteiger partial charge in [0.05, 0.1) is 0 Å². The van der Waals surface area contributed by atoms with Gasteiger partial charge in [0.1, 0.15) is 6.29 Å². The van der Waals surface area contributed by atoms with Gasteiger partial charge in [0, 0.05) is 6.42 Å². The zero-order chi connectivity index (χ0) is 8.97. The largest absolute Gasteiger partial charge is 3.00 e. The van der Waals surface area contributed by atoms with Crippen LogP contribution in [-0.2, 0) is 43.9 Å². The number of aryl methyl sites for hydroxylation is 3. The first kappa shape index (κ1) is 13.0. The van der Waals surface area contributed by atoms with Crippen LogP contribution in [0, 0.1) is 19.9 Å². The molecule has 0 N–H and O–H groups in total. The topological polar surface area (TPSA) is 17.1 Å². The summed E-state index contributed by atoms with van der Waals surface area (Å²) in [5.74, 6) is 0. The van der Waals surface area contributed by atoms with Crippen LogP contribution in [0.5, 0.6) is 0 Å². The van der Waals surface area contributed by atoms with E-state index < -0.39 is 0 Å². The third-order valence-corrected chi connectivity index (χ3v) is 1.75. The number of rotatable bonds is 3. The molecule has 0 amide bonds. The summed E-state index contributed by atoms with van der Waals surface area (Å²) in [5.41, 5.74) is 3.53. The van der Waals surface area contributed by atoms with Gasteiger partial charge in [0.2, 0.25) is 0 Å². The number of carbonyl (C=O) groups is 1. The van der Waals surface area contributed by atoms with E-state index in [0.717, 1.165) is 23.8 Å². The molecule has 0 radical (unpaired) electrons. The Bertz CT molecular complexity index is 261. The molecule has 1 rings (SSSR count). The molecule has 2 heteroatoms. The molecule has 1 nitrogen and oxygen atoms in total. The second-order valence-electron chi connectivity index (χ2n) is 3.06. The Labute approximate surface area is 105 Å². The fourth-order valence-corrected chi connectivity index (χ4v) is 1.35. The third kappa shape index (κ3) is 4.68. The van der Waals surface area contributed by atoms with Crippen LogP contribution in [0.3, 0.4) is 0 Å². The molecule has 64 valence electrons. The SMILES string of the molecule is Cc1[c-]c(C)cc(CCC=O)c1.[Y+3]. The van der Waals surface area contributed by atoms with Gasteiger partial charge >= 0.3 is 32.7 Å². The first-order chi connectivity index (χ1) is 5.72. The molecule has 0 heterocycles. The molecule has 0 aliphatic heterocycles. The van der Waals surface area contributed by atoms with E-state index in [-0.39, 0.29) is 32.7 Å². The van der Waals surface area contributed by atoms with Crippen LogP contribution in [0.4, 0.5) is 0 Å². The second kappa shape index (κ2) is 6.45. The summed E-state index contributed by atoms with van der Waals surface area (Å²) in [6.07, 6.45) is 2.42. The Morgan fingerprint density at radius 3 is 2.31 bits per heavy atom. The van der Waals surface area contributed by atoms with Crippen molar-refractivity contribution < 1.29 is 37.5 Å². The summed E-state index contributed by atoms with van der Waals surface area (Å²) < 4.78 is 0. The standard InChI is InChI=1S/C11H13O.Y/c1-9-6-10(2)8-11(7-9)4-3-5-12;/h5,7-8H,3-4H2,1-2H3;/q-1;+3. The van der Waals surface area contributed by atoms with Crippen molar-refractivity contribution in [3.05, 3.63) is 34.9 Å². The van der Waals surface area contributed by atoms with Crippen molar-refractivity contribution in [3.8, 4) is 0 Å². The molecule has 0 bridgehead atoms. The molecule has 0 fully saturated rings. The van der Waals surface area contributed by atoms with Crippen molar-refractivity contribution in [1.82, 2.24) is 0 Å². The molecule has 0 aliphatic carbocycles. The van der Waals surface area contributed by atoms with E-state index >= 15 is 0 Å². The van der Waals surface area contributed by atoms with Crippen molar-refractivity contribution in [3.63, 3.8) is 0 Å². The normalized spacial score (nSPS) is 9.08. The van der Waals surface area contributed by atoms with Gasteiger partial charge in [-0.2, -0.15) is 34.9 Å². The first-order valence-corrected chi connectivity index (χ1v) is 4.15. The molecule has 0 atom stereocenters. The number of aldehydes is 1. The Balaban J connectivity index is 0.00000144. The maximum absolute atomic E-state index is 10.1. The van der Waals surface area contributed by atoms with Crippen LogP contribution in [0.15, 0.2) is 12.1 Å². The number of carbonyl (C=O) groups excluding carboxylic acids is 1. The summed E-state index contributed by atoms with van der Waals surface area (Å²) in [4.78, 5) is 10.1. The van der Waals surface area contributed by atoms with E-state index in [1.807, 2.05) is 13.8 Å². The molecule has 0 saturated carbocycles. The van der Waals surface area contributed by atoms with Crippen molar-refractivity contribution in [2.24, 2.45) is 0 Å². The van der Waals surface area contributed by atoms with Crippen molar-refractivity contribution in [2.45, 2.75) is 26.7 Å². The predicted octanol–water partition coefficient (Wildman–Crippen LogP) is 2.23. The van der Waals surface area contributed by atoms with Crippen molar-refractivity contribution >= 4 is 6.29 Å². The average Bonchev–Trinajstić information content (AvgIpc) is 1.99. The van der Waals surface area contributed by atoms with E-state index in [1.54, 1.807) is 0 Å². The summed E-state index contributed by atoms with van der Waals surface area (Å²) in [7, 11) is 0. The molecule has 0 unspecified atom stereocenters. The molecule has 1 aromatic rings. The van der Waals surface area contributed by atoms with E-state index in [2.05, 4.69) is 18.2 Å². The predicted molar refractivity (Wildman–Crippen MR) is 49.1 cm³/mol. The van der Waals surface area contributed by atoms with Gasteiger partial charge < -0.3 is 4.79 Å². The fraction of sp³-hybridized carbons (Fsp3) is 0.364. The van der Waals surface area contributed by atoms with Gasteiger partial charge in [-0.3, -0.25) is 0 Å². The number of hydrogen-bond donors (Lipinski definition) is 0. The molecule has 1 aromatic carbocycles. The van der Waals surface area contributed by atoms with Gasteiger partial charge in [-0.05, 0) is 6.42 Å². The van der Waals surface area contributed by atoms with Gasteiger partial charge in [0.25, 0.3) is 0 Å². The minimum absolute atomic E-state index is 0. The van der Waals surface area contributed by atoms with E-state index in [9.17, 15) is 4.79 Å². The summed E-state index contributed by atoms with van der Waals surface area (Å²) in [6.45, 7) is 4.05. The molecular weight excluding hydrogens is 237 g/mol. The quantitative estimate of drug-likeness (QED) is 0.594. The summed E-state index contributed by atoms with van der Waals surface area (Å²) >= 11 is 0. The average molecular weight is 250 g/mol. The number of benzene rings is 1. The fourth-order valence-electron chi connectivity index (χ4n) is 1.35. The van der Waals surface area contributed by atoms with E-state index in [1.165, 1.54) is 5.56 Å². The van der Waals surface area contributed by atoms with Gasteiger partial charge in [0.15, 0.2) is 0 Å². The maximum Gasteiger partial charge on any atom is 3.00 e. The molecule has 13 heavy (non-hydrogen) atoms. The van der Waals surface area contributed by atoms with E-state index in [4.69, 9.17) is 0 Å². The van der Waals surface area contributed by atoms with Crippen LogP contribution in [0.1, 0.15) is 23.1 Å². The zero-order valence-corrected chi connectivity index (χ0v) is 11.0. The smallest absolute Gasteiger partial charge is 0.303 e. The van der Waals surface area contributed by atoms with Crippen LogP contribution in [0.2, 0.25) is 0 Å². The van der Waals surface area contributed by atoms with Crippen molar-refractivity contribution in [1.29, 1.82) is 0 Å².